The van der Waals surface area contributed by atoms with Crippen LogP contribution in [0.4, 0.5) is 5.69 Å². The van der Waals surface area contributed by atoms with Crippen molar-refractivity contribution in [3.05, 3.63) is 59.4 Å². The van der Waals surface area contributed by atoms with Crippen LogP contribution in [0.25, 0.3) is 0 Å². The minimum Gasteiger partial charge on any atom is -0.346 e. The molecule has 0 radical (unpaired) electrons. The van der Waals surface area contributed by atoms with E-state index in [2.05, 4.69) is 15.6 Å². The molecule has 0 spiro atoms. The highest BCUT2D eigenvalue weighted by Gasteiger charge is 2.18. The molecule has 0 saturated carbocycles. The van der Waals surface area contributed by atoms with Gasteiger partial charge in [0.25, 0.3) is 11.8 Å². The molecule has 0 atom stereocenters. The summed E-state index contributed by atoms with van der Waals surface area (Å²) in [6.45, 7) is 7.58. The maximum absolute atomic E-state index is 12.3. The van der Waals surface area contributed by atoms with E-state index in [1.807, 2.05) is 52.0 Å². The van der Waals surface area contributed by atoms with Gasteiger partial charge in [-0.3, -0.25) is 9.59 Å². The minimum atomic E-state index is -0.363. The highest BCUT2D eigenvalue weighted by Crippen LogP contribution is 2.14. The molecule has 5 heteroatoms. The third-order valence-electron chi connectivity index (χ3n) is 3.10. The van der Waals surface area contributed by atoms with Gasteiger partial charge in [0.15, 0.2) is 0 Å². The highest BCUT2D eigenvalue weighted by molar-refractivity contribution is 6.04. The molecule has 2 aromatic rings. The third-order valence-corrected chi connectivity index (χ3v) is 3.10. The number of anilines is 1. The van der Waals surface area contributed by atoms with Crippen molar-refractivity contribution < 1.29 is 9.59 Å². The van der Waals surface area contributed by atoms with Gasteiger partial charge in [-0.15, -0.1) is 0 Å². The molecule has 0 saturated heterocycles. The molecule has 23 heavy (non-hydrogen) atoms. The zero-order valence-corrected chi connectivity index (χ0v) is 13.8. The second kappa shape index (κ2) is 6.60. The van der Waals surface area contributed by atoms with Gasteiger partial charge in [-0.1, -0.05) is 24.3 Å². The predicted molar refractivity (Wildman–Crippen MR) is 90.6 cm³/mol. The molecule has 2 N–H and O–H groups in total. The summed E-state index contributed by atoms with van der Waals surface area (Å²) in [6, 6.07) is 12.3. The van der Waals surface area contributed by atoms with Crippen molar-refractivity contribution >= 4 is 17.5 Å². The Balaban J connectivity index is 2.18. The zero-order chi connectivity index (χ0) is 17.0. The van der Waals surface area contributed by atoms with Crippen LogP contribution in [0.3, 0.4) is 0 Å². The quantitative estimate of drug-likeness (QED) is 0.914. The van der Waals surface area contributed by atoms with Gasteiger partial charge in [0.05, 0.1) is 0 Å². The van der Waals surface area contributed by atoms with Crippen molar-refractivity contribution in [2.24, 2.45) is 0 Å². The maximum atomic E-state index is 12.3. The molecule has 1 heterocycles. The summed E-state index contributed by atoms with van der Waals surface area (Å²) in [4.78, 5) is 28.6. The fraction of sp³-hybridized carbons (Fsp3) is 0.278. The number of hydrogen-bond acceptors (Lipinski definition) is 3. The number of carbonyl (C=O) groups is 2. The number of aromatic nitrogens is 1. The van der Waals surface area contributed by atoms with Gasteiger partial charge >= 0.3 is 0 Å². The van der Waals surface area contributed by atoms with E-state index in [0.717, 1.165) is 11.3 Å². The standard InChI is InChI=1S/C18H21N3O2/c1-12-8-5-6-9-13(12)20-16(22)14-10-7-11-15(19-14)17(23)21-18(2,3)4/h5-11H,1-4H3,(H,20,22)(H,21,23). The van der Waals surface area contributed by atoms with E-state index >= 15 is 0 Å². The van der Waals surface area contributed by atoms with Gasteiger partial charge in [0.1, 0.15) is 11.4 Å². The Kier molecular flexibility index (Phi) is 4.79. The van der Waals surface area contributed by atoms with Crippen molar-refractivity contribution in [3.8, 4) is 0 Å². The maximum Gasteiger partial charge on any atom is 0.274 e. The van der Waals surface area contributed by atoms with Gasteiger partial charge in [-0.25, -0.2) is 4.98 Å². The van der Waals surface area contributed by atoms with E-state index in [9.17, 15) is 9.59 Å². The number of nitrogens with one attached hydrogen (secondary N) is 2. The topological polar surface area (TPSA) is 71.1 Å². The van der Waals surface area contributed by atoms with E-state index in [1.165, 1.54) is 0 Å². The van der Waals surface area contributed by atoms with Crippen molar-refractivity contribution in [1.82, 2.24) is 10.3 Å². The number of nitrogens with zero attached hydrogens (tertiary/aromatic N) is 1. The lowest BCUT2D eigenvalue weighted by atomic mass is 10.1. The molecule has 0 aliphatic heterocycles. The Labute approximate surface area is 136 Å². The molecule has 5 nitrogen and oxygen atoms in total. The minimum absolute atomic E-state index is 0.204. The second-order valence-corrected chi connectivity index (χ2v) is 6.38. The number of para-hydroxylation sites is 1. The van der Waals surface area contributed by atoms with Crippen LogP contribution in [-0.4, -0.2) is 22.3 Å². The average Bonchev–Trinajstić information content (AvgIpc) is 2.48. The van der Waals surface area contributed by atoms with Crippen LogP contribution in [-0.2, 0) is 0 Å². The first-order valence-electron chi connectivity index (χ1n) is 7.43. The van der Waals surface area contributed by atoms with Crippen LogP contribution in [0.15, 0.2) is 42.5 Å². The lowest BCUT2D eigenvalue weighted by Crippen LogP contribution is -2.41. The monoisotopic (exact) mass is 311 g/mol. The van der Waals surface area contributed by atoms with E-state index in [4.69, 9.17) is 0 Å². The third kappa shape index (κ3) is 4.64. The Bertz CT molecular complexity index is 733. The molecule has 0 unspecified atom stereocenters. The lowest BCUT2D eigenvalue weighted by Gasteiger charge is -2.20. The lowest BCUT2D eigenvalue weighted by molar-refractivity contribution is 0.0914. The van der Waals surface area contributed by atoms with Gasteiger partial charge in [-0.05, 0) is 51.5 Å². The normalized spacial score (nSPS) is 11.0. The SMILES string of the molecule is Cc1ccccc1NC(=O)c1cccc(C(=O)NC(C)(C)C)n1. The molecule has 1 aromatic heterocycles. The average molecular weight is 311 g/mol. The van der Waals surface area contributed by atoms with Gasteiger partial charge in [0.2, 0.25) is 0 Å². The first-order chi connectivity index (χ1) is 10.8. The largest absolute Gasteiger partial charge is 0.346 e. The van der Waals surface area contributed by atoms with E-state index in [0.29, 0.717) is 0 Å². The van der Waals surface area contributed by atoms with Gasteiger partial charge < -0.3 is 10.6 Å². The van der Waals surface area contributed by atoms with Crippen LogP contribution in [0.2, 0.25) is 0 Å². The fourth-order valence-electron chi connectivity index (χ4n) is 1.99. The van der Waals surface area contributed by atoms with Crippen LogP contribution >= 0.6 is 0 Å². The number of amides is 2. The predicted octanol–water partition coefficient (Wildman–Crippen LogP) is 3.17. The molecule has 2 amide bonds. The molecular formula is C18H21N3O2. The molecular weight excluding hydrogens is 290 g/mol. The fourth-order valence-corrected chi connectivity index (χ4v) is 1.99. The van der Waals surface area contributed by atoms with E-state index in [1.54, 1.807) is 18.2 Å². The van der Waals surface area contributed by atoms with Crippen LogP contribution in [0.1, 0.15) is 47.3 Å². The van der Waals surface area contributed by atoms with Crippen LogP contribution in [0, 0.1) is 6.92 Å². The number of pyridine rings is 1. The Morgan fingerprint density at radius 1 is 0.913 bits per heavy atom. The Hall–Kier alpha value is -2.69. The number of benzene rings is 1. The number of rotatable bonds is 3. The highest BCUT2D eigenvalue weighted by atomic mass is 16.2. The molecule has 0 aliphatic carbocycles. The molecule has 0 fully saturated rings. The van der Waals surface area contributed by atoms with Crippen molar-refractivity contribution in [2.75, 3.05) is 5.32 Å². The summed E-state index contributed by atoms with van der Waals surface area (Å²) in [5.41, 5.74) is 1.75. The molecule has 0 aliphatic rings. The smallest absolute Gasteiger partial charge is 0.274 e. The Morgan fingerprint density at radius 3 is 2.13 bits per heavy atom. The number of aryl methyl sites for hydroxylation is 1. The second-order valence-electron chi connectivity index (χ2n) is 6.38. The number of hydrogen-bond donors (Lipinski definition) is 2. The number of carbonyl (C=O) groups excluding carboxylic acids is 2. The summed E-state index contributed by atoms with van der Waals surface area (Å²) in [6.07, 6.45) is 0. The summed E-state index contributed by atoms with van der Waals surface area (Å²) in [5, 5.41) is 5.63. The summed E-state index contributed by atoms with van der Waals surface area (Å²) >= 11 is 0. The van der Waals surface area contributed by atoms with Crippen molar-refractivity contribution in [2.45, 2.75) is 33.2 Å². The Morgan fingerprint density at radius 2 is 1.52 bits per heavy atom. The summed E-state index contributed by atoms with van der Waals surface area (Å²) < 4.78 is 0. The summed E-state index contributed by atoms with van der Waals surface area (Å²) in [5.74, 6) is -0.646. The molecule has 120 valence electrons. The van der Waals surface area contributed by atoms with Crippen LogP contribution < -0.4 is 10.6 Å². The molecule has 0 bridgehead atoms. The molecule has 1 aromatic carbocycles. The van der Waals surface area contributed by atoms with Crippen molar-refractivity contribution in [1.29, 1.82) is 0 Å². The van der Waals surface area contributed by atoms with E-state index < -0.39 is 0 Å². The van der Waals surface area contributed by atoms with Crippen molar-refractivity contribution in [3.63, 3.8) is 0 Å². The van der Waals surface area contributed by atoms with Gasteiger partial charge in [-0.2, -0.15) is 0 Å². The molecule has 2 rings (SSSR count). The first-order valence-corrected chi connectivity index (χ1v) is 7.43. The first kappa shape index (κ1) is 16.7. The van der Waals surface area contributed by atoms with Gasteiger partial charge in [0, 0.05) is 11.2 Å². The summed E-state index contributed by atoms with van der Waals surface area (Å²) in [7, 11) is 0. The zero-order valence-electron chi connectivity index (χ0n) is 13.8. The van der Waals surface area contributed by atoms with E-state index in [-0.39, 0.29) is 28.7 Å². The van der Waals surface area contributed by atoms with Crippen LogP contribution in [0.5, 0.6) is 0 Å².